The minimum Gasteiger partial charge on any atom is -0.469 e. The predicted octanol–water partition coefficient (Wildman–Crippen LogP) is 3.49. The van der Waals surface area contributed by atoms with Gasteiger partial charge >= 0.3 is 5.97 Å². The fourth-order valence-electron chi connectivity index (χ4n) is 4.12. The van der Waals surface area contributed by atoms with Gasteiger partial charge in [0.15, 0.2) is 6.23 Å². The Hall–Kier alpha value is -2.76. The molecule has 0 aromatic heterocycles. The Kier molecular flexibility index (Phi) is 5.11. The maximum absolute atomic E-state index is 12.8. The summed E-state index contributed by atoms with van der Waals surface area (Å²) in [5, 5.41) is 0. The van der Waals surface area contributed by atoms with E-state index in [9.17, 15) is 9.59 Å². The zero-order valence-electron chi connectivity index (χ0n) is 16.4. The lowest BCUT2D eigenvalue weighted by Gasteiger charge is -2.27. The molecule has 0 N–H and O–H groups in total. The van der Waals surface area contributed by atoms with Crippen molar-refractivity contribution in [3.63, 3.8) is 0 Å². The number of likely N-dealkylation sites (tertiary alicyclic amines) is 1. The first-order chi connectivity index (χ1) is 13.6. The van der Waals surface area contributed by atoms with Gasteiger partial charge in [-0.3, -0.25) is 9.59 Å². The van der Waals surface area contributed by atoms with Gasteiger partial charge in [-0.2, -0.15) is 0 Å². The second-order valence-electron chi connectivity index (χ2n) is 7.48. The van der Waals surface area contributed by atoms with E-state index in [0.29, 0.717) is 12.0 Å². The number of carbonyl (C=O) groups excluding carboxylic acids is 2. The Bertz CT molecular complexity index is 839. The van der Waals surface area contributed by atoms with E-state index in [1.54, 1.807) is 0 Å². The van der Waals surface area contributed by atoms with Crippen LogP contribution in [0.2, 0.25) is 0 Å². The topological polar surface area (TPSA) is 59.1 Å². The van der Waals surface area contributed by atoms with Gasteiger partial charge in [-0.05, 0) is 56.9 Å². The highest BCUT2D eigenvalue weighted by atomic mass is 16.5. The van der Waals surface area contributed by atoms with Crippen molar-refractivity contribution in [1.82, 2.24) is 4.90 Å². The minimum atomic E-state index is -0.239. The summed E-state index contributed by atoms with van der Waals surface area (Å²) in [6.45, 7) is 3.64. The van der Waals surface area contributed by atoms with E-state index in [0.717, 1.165) is 43.1 Å². The van der Waals surface area contributed by atoms with Crippen molar-refractivity contribution in [3.05, 3.63) is 47.7 Å². The fraction of sp³-hybridized carbons (Fsp3) is 0.455. The summed E-state index contributed by atoms with van der Waals surface area (Å²) < 4.78 is 10.9. The highest BCUT2D eigenvalue weighted by molar-refractivity contribution is 5.95. The average Bonchev–Trinajstić information content (AvgIpc) is 3.08. The Morgan fingerprint density at radius 1 is 1.18 bits per heavy atom. The van der Waals surface area contributed by atoms with Crippen molar-refractivity contribution in [1.29, 1.82) is 0 Å². The van der Waals surface area contributed by atoms with Crippen molar-refractivity contribution in [2.24, 2.45) is 5.92 Å². The number of benzene rings is 1. The van der Waals surface area contributed by atoms with Crippen LogP contribution in [-0.2, 0) is 9.53 Å². The third kappa shape index (κ3) is 3.39. The van der Waals surface area contributed by atoms with Crippen LogP contribution < -0.4 is 9.64 Å². The van der Waals surface area contributed by atoms with Gasteiger partial charge in [0.25, 0.3) is 5.91 Å². The average molecular weight is 382 g/mol. The molecule has 2 unspecified atom stereocenters. The Balaban J connectivity index is 1.53. The van der Waals surface area contributed by atoms with Crippen LogP contribution in [0.3, 0.4) is 0 Å². The summed E-state index contributed by atoms with van der Waals surface area (Å²) in [6, 6.07) is 5.69. The van der Waals surface area contributed by atoms with Gasteiger partial charge in [-0.15, -0.1) is 0 Å². The number of piperidine rings is 1. The fourth-order valence-corrected chi connectivity index (χ4v) is 4.12. The SMILES string of the molecule is COC(=O)C1C=CC(N2c3ccc(C(=O)N4CCCCC4)cc3OC2C)=CC1. The predicted molar refractivity (Wildman–Crippen MR) is 106 cm³/mol. The minimum absolute atomic E-state index is 0.0786. The first-order valence-electron chi connectivity index (χ1n) is 9.94. The van der Waals surface area contributed by atoms with Crippen LogP contribution in [0.25, 0.3) is 0 Å². The summed E-state index contributed by atoms with van der Waals surface area (Å²) >= 11 is 0. The van der Waals surface area contributed by atoms with Gasteiger partial charge in [-0.1, -0.05) is 12.2 Å². The van der Waals surface area contributed by atoms with Crippen LogP contribution in [0.15, 0.2) is 42.1 Å². The highest BCUT2D eigenvalue weighted by Crippen LogP contribution is 2.41. The summed E-state index contributed by atoms with van der Waals surface area (Å²) in [5.74, 6) is 0.338. The lowest BCUT2D eigenvalue weighted by atomic mass is 9.99. The van der Waals surface area contributed by atoms with E-state index in [1.165, 1.54) is 13.5 Å². The molecule has 4 rings (SSSR count). The Morgan fingerprint density at radius 2 is 1.96 bits per heavy atom. The summed E-state index contributed by atoms with van der Waals surface area (Å²) in [7, 11) is 1.41. The van der Waals surface area contributed by atoms with Crippen molar-refractivity contribution in [2.75, 3.05) is 25.1 Å². The van der Waals surface area contributed by atoms with Crippen LogP contribution in [0, 0.1) is 5.92 Å². The standard InChI is InChI=1S/C22H26N2O4/c1-15-24(18-9-6-16(7-10-18)22(26)27-2)19-11-8-17(14-20(19)28-15)21(25)23-12-4-3-5-13-23/h6,8-11,14-16H,3-5,7,12-13H2,1-2H3. The summed E-state index contributed by atoms with van der Waals surface area (Å²) in [6.07, 6.45) is 9.61. The van der Waals surface area contributed by atoms with Crippen molar-refractivity contribution in [3.8, 4) is 5.75 Å². The molecule has 6 nitrogen and oxygen atoms in total. The molecule has 1 aromatic carbocycles. The van der Waals surface area contributed by atoms with E-state index in [2.05, 4.69) is 4.90 Å². The molecule has 0 bridgehead atoms. The third-order valence-electron chi connectivity index (χ3n) is 5.63. The van der Waals surface area contributed by atoms with Crippen LogP contribution in [0.1, 0.15) is 43.0 Å². The Labute approximate surface area is 165 Å². The molecule has 148 valence electrons. The molecule has 2 heterocycles. The number of rotatable bonds is 3. The normalized spacial score (nSPS) is 23.7. The molecule has 28 heavy (non-hydrogen) atoms. The number of amides is 1. The van der Waals surface area contributed by atoms with Crippen LogP contribution in [0.5, 0.6) is 5.75 Å². The van der Waals surface area contributed by atoms with Gasteiger partial charge in [-0.25, -0.2) is 0 Å². The number of ether oxygens (including phenoxy) is 2. The van der Waals surface area contributed by atoms with Crippen LogP contribution in [0.4, 0.5) is 5.69 Å². The number of allylic oxidation sites excluding steroid dienone is 2. The second kappa shape index (κ2) is 7.70. The molecule has 3 aliphatic rings. The number of fused-ring (bicyclic) bond motifs is 1. The number of hydrogen-bond donors (Lipinski definition) is 0. The molecule has 2 aliphatic heterocycles. The molecular weight excluding hydrogens is 356 g/mol. The molecule has 6 heteroatoms. The van der Waals surface area contributed by atoms with E-state index >= 15 is 0 Å². The van der Waals surface area contributed by atoms with E-state index in [1.807, 2.05) is 48.3 Å². The smallest absolute Gasteiger partial charge is 0.312 e. The zero-order valence-corrected chi connectivity index (χ0v) is 16.4. The lowest BCUT2D eigenvalue weighted by molar-refractivity contribution is -0.143. The number of anilines is 1. The number of nitrogens with zero attached hydrogens (tertiary/aromatic N) is 2. The summed E-state index contributed by atoms with van der Waals surface area (Å²) in [5.41, 5.74) is 2.60. The van der Waals surface area contributed by atoms with Gasteiger partial charge in [0, 0.05) is 24.4 Å². The lowest BCUT2D eigenvalue weighted by Crippen LogP contribution is -2.35. The van der Waals surface area contributed by atoms with Crippen molar-refractivity contribution < 1.29 is 19.1 Å². The first kappa shape index (κ1) is 18.6. The zero-order chi connectivity index (χ0) is 19.7. The quantitative estimate of drug-likeness (QED) is 0.749. The molecule has 1 aliphatic carbocycles. The van der Waals surface area contributed by atoms with Gasteiger partial charge in [0.1, 0.15) is 5.75 Å². The van der Waals surface area contributed by atoms with Crippen LogP contribution in [-0.4, -0.2) is 43.2 Å². The Morgan fingerprint density at radius 3 is 2.64 bits per heavy atom. The molecule has 0 radical (unpaired) electrons. The number of hydrogen-bond acceptors (Lipinski definition) is 5. The molecule has 1 fully saturated rings. The van der Waals surface area contributed by atoms with E-state index in [-0.39, 0.29) is 24.0 Å². The van der Waals surface area contributed by atoms with E-state index in [4.69, 9.17) is 9.47 Å². The molecule has 0 spiro atoms. The second-order valence-corrected chi connectivity index (χ2v) is 7.48. The molecule has 2 atom stereocenters. The maximum Gasteiger partial charge on any atom is 0.312 e. The molecular formula is C22H26N2O4. The van der Waals surface area contributed by atoms with Crippen molar-refractivity contribution in [2.45, 2.75) is 38.8 Å². The number of carbonyl (C=O) groups is 2. The summed E-state index contributed by atoms with van der Waals surface area (Å²) in [4.78, 5) is 28.5. The van der Waals surface area contributed by atoms with E-state index < -0.39 is 0 Å². The largest absolute Gasteiger partial charge is 0.469 e. The monoisotopic (exact) mass is 382 g/mol. The number of methoxy groups -OCH3 is 1. The van der Waals surface area contributed by atoms with Crippen LogP contribution >= 0.6 is 0 Å². The van der Waals surface area contributed by atoms with Gasteiger partial charge < -0.3 is 19.3 Å². The third-order valence-corrected chi connectivity index (χ3v) is 5.63. The first-order valence-corrected chi connectivity index (χ1v) is 9.94. The van der Waals surface area contributed by atoms with Crippen molar-refractivity contribution >= 4 is 17.6 Å². The molecule has 1 aromatic rings. The highest BCUT2D eigenvalue weighted by Gasteiger charge is 2.32. The maximum atomic E-state index is 12.8. The molecule has 1 saturated heterocycles. The van der Waals surface area contributed by atoms with Gasteiger partial charge in [0.2, 0.25) is 0 Å². The molecule has 0 saturated carbocycles. The number of esters is 1. The van der Waals surface area contributed by atoms with Gasteiger partial charge in [0.05, 0.1) is 18.7 Å². The molecule has 1 amide bonds.